The van der Waals surface area contributed by atoms with Crippen molar-refractivity contribution in [2.24, 2.45) is 0 Å². The highest BCUT2D eigenvalue weighted by Crippen LogP contribution is 2.19. The van der Waals surface area contributed by atoms with E-state index in [1.807, 2.05) is 0 Å². The Morgan fingerprint density at radius 2 is 0.689 bits per heavy atom. The summed E-state index contributed by atoms with van der Waals surface area (Å²) in [5.74, 6) is -0.447. The number of aliphatic hydroxyl groups excluding tert-OH is 2. The Balaban J connectivity index is 4.47. The number of hydrogen-bond donors (Lipinski definition) is 3. The largest absolute Gasteiger partial charge is 0.462 e. The van der Waals surface area contributed by atoms with Gasteiger partial charge in [-0.15, -0.1) is 0 Å². The van der Waals surface area contributed by atoms with Gasteiger partial charge in [-0.3, -0.25) is 9.59 Å². The molecule has 6 nitrogen and oxygen atoms in total. The summed E-state index contributed by atoms with van der Waals surface area (Å²) in [6.45, 7) is 6.52. The van der Waals surface area contributed by atoms with E-state index >= 15 is 0 Å². The predicted molar refractivity (Wildman–Crippen MR) is 264 cm³/mol. The van der Waals surface area contributed by atoms with Crippen molar-refractivity contribution in [2.75, 3.05) is 6.61 Å². The Kier molecular flexibility index (Phi) is 48.9. The smallest absolute Gasteiger partial charge is 0.306 e. The highest BCUT2D eigenvalue weighted by Gasteiger charge is 2.24. The molecular formula is C55H109NO5. The topological polar surface area (TPSA) is 95.9 Å². The highest BCUT2D eigenvalue weighted by atomic mass is 16.5. The molecule has 3 unspecified atom stereocenters. The first-order valence-corrected chi connectivity index (χ1v) is 27.8. The fraction of sp³-hybridized carbons (Fsp3) is 0.964. The van der Waals surface area contributed by atoms with Crippen LogP contribution in [0.4, 0.5) is 0 Å². The van der Waals surface area contributed by atoms with E-state index in [0.717, 1.165) is 38.5 Å². The summed E-state index contributed by atoms with van der Waals surface area (Å²) in [6, 6.07) is -0.692. The van der Waals surface area contributed by atoms with Crippen LogP contribution in [0.5, 0.6) is 0 Å². The standard InChI is InChI=1S/C55H109NO5/c1-4-7-10-13-16-19-22-25-26-27-28-30-33-36-39-42-45-48-55(60)61-51(46-43-40-37-34-31-29-23-20-17-14-11-8-5-2)49-54(59)56-52(50-57)53(58)47-44-41-38-35-32-24-21-18-15-12-9-6-3/h51-53,57-58H,4-50H2,1-3H3,(H,56,59). The second-order valence-electron chi connectivity index (χ2n) is 19.4. The van der Waals surface area contributed by atoms with Crippen LogP contribution in [0.1, 0.15) is 316 Å². The van der Waals surface area contributed by atoms with Crippen LogP contribution in [0.2, 0.25) is 0 Å². The molecule has 0 spiro atoms. The van der Waals surface area contributed by atoms with Gasteiger partial charge in [0.05, 0.1) is 25.2 Å². The van der Waals surface area contributed by atoms with Crippen molar-refractivity contribution in [3.8, 4) is 0 Å². The molecule has 0 aliphatic carbocycles. The lowest BCUT2D eigenvalue weighted by atomic mass is 10.0. The molecule has 0 saturated heterocycles. The number of esters is 1. The van der Waals surface area contributed by atoms with Gasteiger partial charge in [0.25, 0.3) is 0 Å². The molecule has 364 valence electrons. The summed E-state index contributed by atoms with van der Waals surface area (Å²) in [6.07, 6.45) is 54.5. The number of ether oxygens (including phenoxy) is 1. The Labute approximate surface area is 381 Å². The highest BCUT2D eigenvalue weighted by molar-refractivity contribution is 5.77. The van der Waals surface area contributed by atoms with Gasteiger partial charge in [0.1, 0.15) is 6.10 Å². The Morgan fingerprint density at radius 3 is 1.00 bits per heavy atom. The molecule has 0 aromatic heterocycles. The lowest BCUT2D eigenvalue weighted by molar-refractivity contribution is -0.151. The van der Waals surface area contributed by atoms with Gasteiger partial charge in [0, 0.05) is 6.42 Å². The first-order chi connectivity index (χ1) is 30.0. The average molecular weight is 864 g/mol. The molecule has 0 aliphatic rings. The zero-order valence-corrected chi connectivity index (χ0v) is 41.6. The molecule has 0 saturated carbocycles. The fourth-order valence-corrected chi connectivity index (χ4v) is 8.96. The quantitative estimate of drug-likeness (QED) is 0.0418. The van der Waals surface area contributed by atoms with Crippen LogP contribution in [0.25, 0.3) is 0 Å². The number of rotatable bonds is 51. The molecular weight excluding hydrogens is 755 g/mol. The fourth-order valence-electron chi connectivity index (χ4n) is 8.96. The van der Waals surface area contributed by atoms with Crippen molar-refractivity contribution in [2.45, 2.75) is 334 Å². The zero-order valence-electron chi connectivity index (χ0n) is 41.6. The van der Waals surface area contributed by atoms with E-state index < -0.39 is 18.2 Å². The number of hydrogen-bond acceptors (Lipinski definition) is 5. The maximum atomic E-state index is 13.2. The molecule has 0 aromatic rings. The van der Waals surface area contributed by atoms with Gasteiger partial charge >= 0.3 is 5.97 Å². The van der Waals surface area contributed by atoms with Crippen molar-refractivity contribution < 1.29 is 24.5 Å². The van der Waals surface area contributed by atoms with Gasteiger partial charge < -0.3 is 20.3 Å². The van der Waals surface area contributed by atoms with Gasteiger partial charge in [-0.25, -0.2) is 0 Å². The molecule has 0 fully saturated rings. The van der Waals surface area contributed by atoms with Crippen molar-refractivity contribution in [1.29, 1.82) is 0 Å². The molecule has 0 radical (unpaired) electrons. The first-order valence-electron chi connectivity index (χ1n) is 27.8. The molecule has 0 bridgehead atoms. The summed E-state index contributed by atoms with van der Waals surface area (Å²) in [7, 11) is 0. The van der Waals surface area contributed by atoms with Gasteiger partial charge in [-0.1, -0.05) is 278 Å². The number of carbonyl (C=O) groups excluding carboxylic acids is 2. The van der Waals surface area contributed by atoms with Crippen LogP contribution in [0.15, 0.2) is 0 Å². The molecule has 3 atom stereocenters. The van der Waals surface area contributed by atoms with E-state index in [1.165, 1.54) is 231 Å². The zero-order chi connectivity index (χ0) is 44.5. The van der Waals surface area contributed by atoms with E-state index in [4.69, 9.17) is 4.74 Å². The molecule has 0 heterocycles. The second kappa shape index (κ2) is 49.9. The minimum Gasteiger partial charge on any atom is -0.462 e. The van der Waals surface area contributed by atoms with Crippen molar-refractivity contribution in [1.82, 2.24) is 5.32 Å². The molecule has 0 aliphatic heterocycles. The van der Waals surface area contributed by atoms with Gasteiger partial charge in [-0.2, -0.15) is 0 Å². The van der Waals surface area contributed by atoms with Crippen LogP contribution in [-0.2, 0) is 14.3 Å². The molecule has 0 aromatic carbocycles. The minimum absolute atomic E-state index is 0.0882. The summed E-state index contributed by atoms with van der Waals surface area (Å²) < 4.78 is 5.96. The lowest BCUT2D eigenvalue weighted by Crippen LogP contribution is -2.46. The summed E-state index contributed by atoms with van der Waals surface area (Å²) >= 11 is 0. The van der Waals surface area contributed by atoms with E-state index in [2.05, 4.69) is 26.1 Å². The Hall–Kier alpha value is -1.14. The number of nitrogens with one attached hydrogen (secondary N) is 1. The number of carbonyl (C=O) groups is 2. The van der Waals surface area contributed by atoms with Crippen molar-refractivity contribution in [3.05, 3.63) is 0 Å². The molecule has 6 heteroatoms. The molecule has 0 rings (SSSR count). The normalized spacial score (nSPS) is 13.1. The maximum Gasteiger partial charge on any atom is 0.306 e. The van der Waals surface area contributed by atoms with Gasteiger partial charge in [-0.05, 0) is 25.7 Å². The van der Waals surface area contributed by atoms with Crippen LogP contribution in [-0.4, -0.2) is 46.9 Å². The van der Waals surface area contributed by atoms with Crippen LogP contribution in [0, 0.1) is 0 Å². The summed E-state index contributed by atoms with van der Waals surface area (Å²) in [5, 5.41) is 23.8. The van der Waals surface area contributed by atoms with Gasteiger partial charge in [0.15, 0.2) is 0 Å². The Morgan fingerprint density at radius 1 is 0.410 bits per heavy atom. The number of amides is 1. The summed E-state index contributed by atoms with van der Waals surface area (Å²) in [4.78, 5) is 26.2. The SMILES string of the molecule is CCCCCCCCCCCCCCCCCCCC(=O)OC(CCCCCCCCCCCCCCC)CC(=O)NC(CO)C(O)CCCCCCCCCCCCCC. The monoisotopic (exact) mass is 864 g/mol. The first kappa shape index (κ1) is 59.9. The van der Waals surface area contributed by atoms with Gasteiger partial charge in [0.2, 0.25) is 5.91 Å². The average Bonchev–Trinajstić information content (AvgIpc) is 3.25. The molecule has 1 amide bonds. The van der Waals surface area contributed by atoms with Crippen LogP contribution < -0.4 is 5.32 Å². The molecule has 61 heavy (non-hydrogen) atoms. The molecule has 3 N–H and O–H groups in total. The predicted octanol–water partition coefficient (Wildman–Crippen LogP) is 16.7. The van der Waals surface area contributed by atoms with E-state index in [9.17, 15) is 19.8 Å². The second-order valence-corrected chi connectivity index (χ2v) is 19.4. The van der Waals surface area contributed by atoms with Crippen molar-refractivity contribution >= 4 is 11.9 Å². The van der Waals surface area contributed by atoms with Crippen LogP contribution >= 0.6 is 0 Å². The third-order valence-electron chi connectivity index (χ3n) is 13.2. The van der Waals surface area contributed by atoms with Crippen LogP contribution in [0.3, 0.4) is 0 Å². The number of unbranched alkanes of at least 4 members (excludes halogenated alkanes) is 39. The third kappa shape index (κ3) is 45.2. The van der Waals surface area contributed by atoms with E-state index in [0.29, 0.717) is 19.3 Å². The lowest BCUT2D eigenvalue weighted by Gasteiger charge is -2.24. The van der Waals surface area contributed by atoms with E-state index in [1.54, 1.807) is 0 Å². The minimum atomic E-state index is -0.779. The summed E-state index contributed by atoms with van der Waals surface area (Å²) in [5.41, 5.74) is 0. The third-order valence-corrected chi connectivity index (χ3v) is 13.2. The number of aliphatic hydroxyl groups is 2. The Bertz CT molecular complexity index is 882. The maximum absolute atomic E-state index is 13.2. The van der Waals surface area contributed by atoms with Crippen molar-refractivity contribution in [3.63, 3.8) is 0 Å². The van der Waals surface area contributed by atoms with E-state index in [-0.39, 0.29) is 24.9 Å².